The quantitative estimate of drug-likeness (QED) is 0.525. The Morgan fingerprint density at radius 2 is 1.67 bits per heavy atom. The van der Waals surface area contributed by atoms with Crippen LogP contribution in [0.25, 0.3) is 0 Å². The van der Waals surface area contributed by atoms with E-state index in [2.05, 4.69) is 5.43 Å². The average molecular weight is 134 g/mol. The summed E-state index contributed by atoms with van der Waals surface area (Å²) in [5.74, 6) is 0. The van der Waals surface area contributed by atoms with Gasteiger partial charge in [-0.2, -0.15) is 0 Å². The summed E-state index contributed by atoms with van der Waals surface area (Å²) in [7, 11) is 5.76. The molecular formula is C6H18N2O. The number of nitrogens with one attached hydrogen (secondary N) is 1. The summed E-state index contributed by atoms with van der Waals surface area (Å²) < 4.78 is 0. The van der Waals surface area contributed by atoms with Gasteiger partial charge in [0.05, 0.1) is 0 Å². The molecule has 0 saturated heterocycles. The van der Waals surface area contributed by atoms with E-state index in [4.69, 9.17) is 5.11 Å². The van der Waals surface area contributed by atoms with Crippen LogP contribution in [0, 0.1) is 0 Å². The molecule has 0 bridgehead atoms. The van der Waals surface area contributed by atoms with Crippen LogP contribution in [-0.4, -0.2) is 37.9 Å². The maximum Gasteiger partial charge on any atom is 0.0428 e. The van der Waals surface area contributed by atoms with Crippen molar-refractivity contribution in [3.8, 4) is 0 Å². The second-order valence-electron chi connectivity index (χ2n) is 1.84. The van der Waals surface area contributed by atoms with Crippen LogP contribution in [-0.2, 0) is 0 Å². The van der Waals surface area contributed by atoms with Crippen LogP contribution >= 0.6 is 0 Å². The van der Waals surface area contributed by atoms with Crippen molar-refractivity contribution in [1.29, 1.82) is 0 Å². The molecule has 9 heavy (non-hydrogen) atoms. The summed E-state index contributed by atoms with van der Waals surface area (Å²) in [5.41, 5.74) is 2.86. The maximum atomic E-state index is 7.88. The van der Waals surface area contributed by atoms with Crippen LogP contribution in [0.1, 0.15) is 13.3 Å². The first kappa shape index (κ1) is 11.6. The second-order valence-corrected chi connectivity index (χ2v) is 1.84. The molecule has 0 spiro atoms. The second kappa shape index (κ2) is 10.8. The van der Waals surface area contributed by atoms with Crippen LogP contribution in [0.5, 0.6) is 0 Å². The van der Waals surface area contributed by atoms with E-state index in [0.29, 0.717) is 6.61 Å². The Labute approximate surface area is 57.6 Å². The molecule has 0 unspecified atom stereocenters. The zero-order chi connectivity index (χ0) is 7.70. The predicted octanol–water partition coefficient (Wildman–Crippen LogP) is 0.0711. The van der Waals surface area contributed by atoms with Gasteiger partial charge < -0.3 is 5.11 Å². The van der Waals surface area contributed by atoms with Crippen molar-refractivity contribution in [2.24, 2.45) is 0 Å². The molecule has 0 aliphatic rings. The lowest BCUT2D eigenvalue weighted by atomic mass is 10.5. The zero-order valence-electron chi connectivity index (χ0n) is 6.81. The van der Waals surface area contributed by atoms with Gasteiger partial charge in [-0.1, -0.05) is 6.92 Å². The Balaban J connectivity index is 0. The Morgan fingerprint density at radius 1 is 1.44 bits per heavy atom. The van der Waals surface area contributed by atoms with E-state index in [1.165, 1.54) is 0 Å². The van der Waals surface area contributed by atoms with Gasteiger partial charge in [0, 0.05) is 20.7 Å². The molecule has 0 radical (unpaired) electrons. The van der Waals surface area contributed by atoms with Gasteiger partial charge >= 0.3 is 0 Å². The topological polar surface area (TPSA) is 35.5 Å². The first-order valence-corrected chi connectivity index (χ1v) is 3.14. The lowest BCUT2D eigenvalue weighted by Gasteiger charge is -2.02. The molecule has 0 aromatic carbocycles. The number of hydrogen-bond donors (Lipinski definition) is 2. The minimum atomic E-state index is 0.319. The third-order valence-corrected chi connectivity index (χ3v) is 0.671. The summed E-state index contributed by atoms with van der Waals surface area (Å²) >= 11 is 0. The van der Waals surface area contributed by atoms with Crippen LogP contribution in [0.15, 0.2) is 0 Å². The third-order valence-electron chi connectivity index (χ3n) is 0.671. The molecule has 0 aromatic heterocycles. The van der Waals surface area contributed by atoms with E-state index < -0.39 is 0 Å². The van der Waals surface area contributed by atoms with Gasteiger partial charge in [0.25, 0.3) is 0 Å². The van der Waals surface area contributed by atoms with Gasteiger partial charge in [0.1, 0.15) is 0 Å². The highest BCUT2D eigenvalue weighted by Gasteiger charge is 1.68. The normalized spacial score (nSPS) is 8.67. The van der Waals surface area contributed by atoms with Gasteiger partial charge in [0.15, 0.2) is 0 Å². The fraction of sp³-hybridized carbons (Fsp3) is 1.00. The lowest BCUT2D eigenvalue weighted by Crippen LogP contribution is -2.25. The molecule has 0 fully saturated rings. The van der Waals surface area contributed by atoms with E-state index in [9.17, 15) is 0 Å². The molecule has 0 aliphatic carbocycles. The summed E-state index contributed by atoms with van der Waals surface area (Å²) in [6.07, 6.45) is 0.875. The highest BCUT2D eigenvalue weighted by molar-refractivity contribution is 4.12. The molecule has 0 aliphatic heterocycles. The summed E-state index contributed by atoms with van der Waals surface area (Å²) in [6.45, 7) is 2.25. The van der Waals surface area contributed by atoms with Crippen molar-refractivity contribution in [2.75, 3.05) is 27.7 Å². The van der Waals surface area contributed by atoms with Gasteiger partial charge in [-0.25, -0.2) is 0 Å². The Bertz CT molecular complexity index is 38.0. The largest absolute Gasteiger partial charge is 0.396 e. The van der Waals surface area contributed by atoms with Gasteiger partial charge in [-0.3, -0.25) is 10.4 Å². The van der Waals surface area contributed by atoms with Gasteiger partial charge in [-0.15, -0.1) is 0 Å². The Kier molecular flexibility index (Phi) is 14.0. The third kappa shape index (κ3) is 32.8. The number of aliphatic hydroxyl groups is 1. The van der Waals surface area contributed by atoms with Crippen molar-refractivity contribution in [3.05, 3.63) is 0 Å². The average Bonchev–Trinajstić information content (AvgIpc) is 1.89. The predicted molar refractivity (Wildman–Crippen MR) is 40.1 cm³/mol. The first-order chi connectivity index (χ1) is 4.18. The summed E-state index contributed by atoms with van der Waals surface area (Å²) in [5, 5.41) is 9.75. The summed E-state index contributed by atoms with van der Waals surface area (Å²) in [6, 6.07) is 0. The standard InChI is InChI=1S/C3H10N2.C3H8O/c1-4-5(2)3;1-2-3-4/h4H,1-3H3;4H,2-3H2,1H3. The molecule has 3 nitrogen and oxygen atoms in total. The molecule has 58 valence electrons. The van der Waals surface area contributed by atoms with Crippen molar-refractivity contribution in [1.82, 2.24) is 10.4 Å². The maximum absolute atomic E-state index is 7.88. The van der Waals surface area contributed by atoms with Gasteiger partial charge in [0.2, 0.25) is 0 Å². The molecule has 0 saturated carbocycles. The number of hydrogen-bond acceptors (Lipinski definition) is 3. The van der Waals surface area contributed by atoms with E-state index in [-0.39, 0.29) is 0 Å². The van der Waals surface area contributed by atoms with Crippen molar-refractivity contribution in [2.45, 2.75) is 13.3 Å². The number of hydrazine groups is 1. The van der Waals surface area contributed by atoms with Crippen molar-refractivity contribution < 1.29 is 5.11 Å². The molecule has 3 heteroatoms. The molecule has 0 heterocycles. The molecule has 0 aromatic rings. The van der Waals surface area contributed by atoms with E-state index >= 15 is 0 Å². The highest BCUT2D eigenvalue weighted by Crippen LogP contribution is 1.61. The lowest BCUT2D eigenvalue weighted by molar-refractivity contribution is 0.295. The molecule has 0 amide bonds. The minimum Gasteiger partial charge on any atom is -0.396 e. The van der Waals surface area contributed by atoms with Crippen LogP contribution in [0.2, 0.25) is 0 Å². The monoisotopic (exact) mass is 134 g/mol. The zero-order valence-corrected chi connectivity index (χ0v) is 6.81. The highest BCUT2D eigenvalue weighted by atomic mass is 16.2. The minimum absolute atomic E-state index is 0.319. The Morgan fingerprint density at radius 3 is 1.67 bits per heavy atom. The number of rotatable bonds is 2. The fourth-order valence-electron chi connectivity index (χ4n) is 0. The number of aliphatic hydroxyl groups excluding tert-OH is 1. The fourth-order valence-corrected chi connectivity index (χ4v) is 0. The van der Waals surface area contributed by atoms with Crippen LogP contribution < -0.4 is 5.43 Å². The number of nitrogens with zero attached hydrogens (tertiary/aromatic N) is 1. The summed E-state index contributed by atoms with van der Waals surface area (Å²) in [4.78, 5) is 0. The smallest absolute Gasteiger partial charge is 0.0428 e. The van der Waals surface area contributed by atoms with Crippen molar-refractivity contribution >= 4 is 0 Å². The van der Waals surface area contributed by atoms with Crippen molar-refractivity contribution in [3.63, 3.8) is 0 Å². The van der Waals surface area contributed by atoms with Crippen LogP contribution in [0.4, 0.5) is 0 Å². The molecule has 0 rings (SSSR count). The molecular weight excluding hydrogens is 116 g/mol. The first-order valence-electron chi connectivity index (χ1n) is 3.14. The van der Waals surface area contributed by atoms with E-state index in [1.54, 1.807) is 0 Å². The Hall–Kier alpha value is -0.120. The molecule has 0 atom stereocenters. The molecule has 2 N–H and O–H groups in total. The van der Waals surface area contributed by atoms with Gasteiger partial charge in [-0.05, 0) is 13.5 Å². The van der Waals surface area contributed by atoms with E-state index in [0.717, 1.165) is 6.42 Å². The van der Waals surface area contributed by atoms with E-state index in [1.807, 2.05) is 33.1 Å². The SMILES string of the molecule is CCCO.CNN(C)C. The van der Waals surface area contributed by atoms with Crippen LogP contribution in [0.3, 0.4) is 0 Å².